The monoisotopic (exact) mass is 364 g/mol. The third-order valence-electron chi connectivity index (χ3n) is 3.71. The minimum absolute atomic E-state index is 0.106. The fraction of sp³-hybridized carbons (Fsp3) is 0.467. The number of rotatable bonds is 4. The molecule has 1 atom stereocenters. The summed E-state index contributed by atoms with van der Waals surface area (Å²) in [4.78, 5) is 13.4. The summed E-state index contributed by atoms with van der Waals surface area (Å²) < 4.78 is 0.789. The van der Waals surface area contributed by atoms with E-state index < -0.39 is 0 Å². The quantitative estimate of drug-likeness (QED) is 0.838. The Balaban J connectivity index is 1.67. The molecule has 2 heterocycles. The first-order valence-corrected chi connectivity index (χ1v) is 9.96. The number of nitrogens with one attached hydrogen (secondary N) is 1. The number of thioether (sulfide) groups is 1. The largest absolute Gasteiger partial charge is 0.316 e. The van der Waals surface area contributed by atoms with E-state index in [2.05, 4.69) is 28.5 Å². The smallest absolute Gasteiger partial charge is 0.235 e. The van der Waals surface area contributed by atoms with Gasteiger partial charge in [-0.15, -0.1) is 21.5 Å². The third kappa shape index (κ3) is 3.74. The second kappa shape index (κ2) is 6.99. The first-order valence-electron chi connectivity index (χ1n) is 7.34. The van der Waals surface area contributed by atoms with Crippen molar-refractivity contribution >= 4 is 45.3 Å². The van der Waals surface area contributed by atoms with Crippen molar-refractivity contribution in [3.63, 3.8) is 0 Å². The van der Waals surface area contributed by atoms with Gasteiger partial charge >= 0.3 is 0 Å². The lowest BCUT2D eigenvalue weighted by Gasteiger charge is -2.17. The van der Waals surface area contributed by atoms with Crippen LogP contribution in [-0.4, -0.2) is 21.9 Å². The van der Waals surface area contributed by atoms with E-state index in [1.807, 2.05) is 6.92 Å². The molecule has 1 aliphatic carbocycles. The van der Waals surface area contributed by atoms with Gasteiger partial charge in [0.1, 0.15) is 16.1 Å². The molecule has 1 unspecified atom stereocenters. The molecule has 2 aromatic heterocycles. The van der Waals surface area contributed by atoms with E-state index in [-0.39, 0.29) is 11.7 Å². The zero-order valence-electron chi connectivity index (χ0n) is 12.9. The summed E-state index contributed by atoms with van der Waals surface area (Å²) in [6.45, 7) is 4.12. The molecule has 0 radical (unpaired) electrons. The van der Waals surface area contributed by atoms with Crippen LogP contribution in [0.25, 0.3) is 0 Å². The number of amides is 1. The molecule has 0 spiro atoms. The molecule has 1 amide bonds. The van der Waals surface area contributed by atoms with Crippen molar-refractivity contribution in [1.29, 1.82) is 5.26 Å². The van der Waals surface area contributed by atoms with Gasteiger partial charge in [0, 0.05) is 4.88 Å². The number of hydrogen-bond acceptors (Lipinski definition) is 7. The van der Waals surface area contributed by atoms with E-state index in [4.69, 9.17) is 0 Å². The number of thiophene rings is 1. The molecular formula is C15H16N4OS3. The molecule has 5 nitrogen and oxygen atoms in total. The first kappa shape index (κ1) is 16.4. The van der Waals surface area contributed by atoms with Crippen LogP contribution in [0.15, 0.2) is 4.34 Å². The van der Waals surface area contributed by atoms with E-state index in [0.29, 0.717) is 16.5 Å². The van der Waals surface area contributed by atoms with Gasteiger partial charge < -0.3 is 5.32 Å². The lowest BCUT2D eigenvalue weighted by Crippen LogP contribution is -2.14. The zero-order valence-corrected chi connectivity index (χ0v) is 15.3. The van der Waals surface area contributed by atoms with Gasteiger partial charge in [0.25, 0.3) is 0 Å². The summed E-state index contributed by atoms with van der Waals surface area (Å²) in [5.74, 6) is 0.816. The Bertz CT molecular complexity index is 774. The normalized spacial score (nSPS) is 16.7. The summed E-state index contributed by atoms with van der Waals surface area (Å²) >= 11 is 4.40. The second-order valence-corrected chi connectivity index (χ2v) is 9.10. The molecule has 1 aliphatic rings. The Morgan fingerprint density at radius 3 is 3.00 bits per heavy atom. The average Bonchev–Trinajstić information content (AvgIpc) is 3.07. The predicted octanol–water partition coefficient (Wildman–Crippen LogP) is 3.64. The van der Waals surface area contributed by atoms with E-state index in [1.165, 1.54) is 28.0 Å². The molecule has 3 rings (SSSR count). The van der Waals surface area contributed by atoms with Crippen LogP contribution in [0.1, 0.15) is 34.4 Å². The number of aromatic nitrogens is 2. The molecule has 0 saturated carbocycles. The minimum atomic E-state index is -0.106. The number of fused-ring (bicyclic) bond motifs is 1. The standard InChI is InChI=1S/C15H16N4OS3/c1-8-3-4-10-11(6-16)14(23-12(10)5-8)17-13(20)7-21-15-19-18-9(2)22-15/h8H,3-5,7H2,1-2H3,(H,17,20). The third-order valence-corrected chi connectivity index (χ3v) is 6.85. The molecular weight excluding hydrogens is 348 g/mol. The summed E-state index contributed by atoms with van der Waals surface area (Å²) in [7, 11) is 0. The number of aryl methyl sites for hydroxylation is 1. The molecule has 0 aromatic carbocycles. The molecule has 0 aliphatic heterocycles. The molecule has 1 N–H and O–H groups in total. The van der Waals surface area contributed by atoms with Gasteiger partial charge in [0.05, 0.1) is 11.3 Å². The highest BCUT2D eigenvalue weighted by Gasteiger charge is 2.24. The van der Waals surface area contributed by atoms with E-state index in [9.17, 15) is 10.1 Å². The van der Waals surface area contributed by atoms with Gasteiger partial charge in [-0.1, -0.05) is 30.0 Å². The Morgan fingerprint density at radius 2 is 2.30 bits per heavy atom. The summed E-state index contributed by atoms with van der Waals surface area (Å²) in [5.41, 5.74) is 1.79. The van der Waals surface area contributed by atoms with Gasteiger partial charge in [-0.3, -0.25) is 4.79 Å². The van der Waals surface area contributed by atoms with E-state index in [1.54, 1.807) is 11.3 Å². The predicted molar refractivity (Wildman–Crippen MR) is 94.2 cm³/mol. The van der Waals surface area contributed by atoms with Crippen molar-refractivity contribution < 1.29 is 4.79 Å². The van der Waals surface area contributed by atoms with Crippen LogP contribution in [-0.2, 0) is 17.6 Å². The zero-order chi connectivity index (χ0) is 16.4. The van der Waals surface area contributed by atoms with Crippen molar-refractivity contribution in [2.24, 2.45) is 5.92 Å². The van der Waals surface area contributed by atoms with Crippen molar-refractivity contribution in [3.05, 3.63) is 21.0 Å². The van der Waals surface area contributed by atoms with Crippen LogP contribution in [0.2, 0.25) is 0 Å². The number of hydrogen-bond donors (Lipinski definition) is 1. The second-order valence-electron chi connectivity index (χ2n) is 5.59. The molecule has 120 valence electrons. The van der Waals surface area contributed by atoms with Gasteiger partial charge in [0.15, 0.2) is 4.34 Å². The molecule has 0 saturated heterocycles. The van der Waals surface area contributed by atoms with Gasteiger partial charge in [-0.05, 0) is 37.7 Å². The maximum atomic E-state index is 12.2. The first-order chi connectivity index (χ1) is 11.1. The van der Waals surface area contributed by atoms with Crippen LogP contribution in [0.4, 0.5) is 5.00 Å². The minimum Gasteiger partial charge on any atom is -0.316 e. The molecule has 0 bridgehead atoms. The maximum absolute atomic E-state index is 12.2. The van der Waals surface area contributed by atoms with Crippen molar-refractivity contribution in [1.82, 2.24) is 10.2 Å². The van der Waals surface area contributed by atoms with Crippen molar-refractivity contribution in [2.45, 2.75) is 37.4 Å². The van der Waals surface area contributed by atoms with Crippen LogP contribution in [0, 0.1) is 24.2 Å². The van der Waals surface area contributed by atoms with Crippen LogP contribution < -0.4 is 5.32 Å². The summed E-state index contributed by atoms with van der Waals surface area (Å²) in [5, 5.41) is 21.9. The summed E-state index contributed by atoms with van der Waals surface area (Å²) in [6.07, 6.45) is 3.05. The van der Waals surface area contributed by atoms with Gasteiger partial charge in [-0.25, -0.2) is 0 Å². The number of carbonyl (C=O) groups excluding carboxylic acids is 1. The SMILES string of the molecule is Cc1nnc(SCC(=O)Nc2sc3c(c2C#N)CCC(C)C3)s1. The fourth-order valence-corrected chi connectivity index (χ4v) is 5.58. The number of nitriles is 1. The number of anilines is 1. The van der Waals surface area contributed by atoms with Crippen molar-refractivity contribution in [2.75, 3.05) is 11.1 Å². The van der Waals surface area contributed by atoms with Gasteiger partial charge in [0.2, 0.25) is 5.91 Å². The molecule has 0 fully saturated rings. The number of nitrogens with zero attached hydrogens (tertiary/aromatic N) is 3. The van der Waals surface area contributed by atoms with E-state index in [0.717, 1.165) is 34.2 Å². The molecule has 8 heteroatoms. The highest BCUT2D eigenvalue weighted by atomic mass is 32.2. The Kier molecular flexibility index (Phi) is 4.99. The number of carbonyl (C=O) groups is 1. The Hall–Kier alpha value is -1.43. The topological polar surface area (TPSA) is 78.7 Å². The lowest BCUT2D eigenvalue weighted by molar-refractivity contribution is -0.113. The van der Waals surface area contributed by atoms with E-state index >= 15 is 0 Å². The fourth-order valence-electron chi connectivity index (χ4n) is 2.58. The lowest BCUT2D eigenvalue weighted by atomic mass is 9.89. The van der Waals surface area contributed by atoms with Crippen LogP contribution in [0.3, 0.4) is 0 Å². The molecule has 2 aromatic rings. The maximum Gasteiger partial charge on any atom is 0.235 e. The van der Waals surface area contributed by atoms with Gasteiger partial charge in [-0.2, -0.15) is 5.26 Å². The molecule has 23 heavy (non-hydrogen) atoms. The van der Waals surface area contributed by atoms with Crippen molar-refractivity contribution in [3.8, 4) is 6.07 Å². The average molecular weight is 365 g/mol. The Morgan fingerprint density at radius 1 is 1.48 bits per heavy atom. The van der Waals surface area contributed by atoms with Crippen LogP contribution in [0.5, 0.6) is 0 Å². The summed E-state index contributed by atoms with van der Waals surface area (Å²) in [6, 6.07) is 2.27. The highest BCUT2D eigenvalue weighted by molar-refractivity contribution is 8.01. The Labute approximate surface area is 147 Å². The highest BCUT2D eigenvalue weighted by Crippen LogP contribution is 2.39. The van der Waals surface area contributed by atoms with Crippen LogP contribution >= 0.6 is 34.4 Å².